The van der Waals surface area contributed by atoms with Gasteiger partial charge in [0.15, 0.2) is 0 Å². The molecule has 0 saturated carbocycles. The van der Waals surface area contributed by atoms with E-state index in [0.717, 1.165) is 18.4 Å². The van der Waals surface area contributed by atoms with E-state index in [2.05, 4.69) is 33.0 Å². The molecule has 0 aliphatic carbocycles. The van der Waals surface area contributed by atoms with Crippen LogP contribution in [0.4, 0.5) is 11.6 Å². The molecular formula is C12H22N6O. The Morgan fingerprint density at radius 2 is 1.95 bits per heavy atom. The molecule has 7 heteroatoms. The summed E-state index contributed by atoms with van der Waals surface area (Å²) in [5.41, 5.74) is 3.35. The van der Waals surface area contributed by atoms with Crippen molar-refractivity contribution >= 4 is 17.5 Å². The number of nitrogens with zero attached hydrogens (tertiary/aromatic N) is 2. The van der Waals surface area contributed by atoms with E-state index >= 15 is 0 Å². The van der Waals surface area contributed by atoms with Gasteiger partial charge in [-0.05, 0) is 20.3 Å². The fraction of sp³-hybridized carbons (Fsp3) is 0.583. The van der Waals surface area contributed by atoms with Gasteiger partial charge < -0.3 is 16.1 Å². The van der Waals surface area contributed by atoms with Crippen LogP contribution in [-0.4, -0.2) is 29.0 Å². The van der Waals surface area contributed by atoms with Gasteiger partial charge in [-0.15, -0.1) is 0 Å². The van der Waals surface area contributed by atoms with Crippen LogP contribution in [0.5, 0.6) is 0 Å². The van der Waals surface area contributed by atoms with Gasteiger partial charge in [0.05, 0.1) is 6.54 Å². The van der Waals surface area contributed by atoms with Crippen molar-refractivity contribution < 1.29 is 4.79 Å². The first kappa shape index (κ1) is 15.2. The van der Waals surface area contributed by atoms with Crippen LogP contribution >= 0.6 is 0 Å². The highest BCUT2D eigenvalue weighted by molar-refractivity contribution is 5.80. The van der Waals surface area contributed by atoms with Gasteiger partial charge in [0.1, 0.15) is 17.5 Å². The number of nitrogens with two attached hydrogens (primary N) is 1. The number of aromatic nitrogens is 2. The zero-order valence-electron chi connectivity index (χ0n) is 11.7. The summed E-state index contributed by atoms with van der Waals surface area (Å²) >= 11 is 0. The van der Waals surface area contributed by atoms with Crippen LogP contribution in [0.25, 0.3) is 0 Å². The highest BCUT2D eigenvalue weighted by atomic mass is 16.1. The molecular weight excluding hydrogens is 244 g/mol. The summed E-state index contributed by atoms with van der Waals surface area (Å²) in [7, 11) is 0. The van der Waals surface area contributed by atoms with E-state index in [-0.39, 0.29) is 12.5 Å². The quantitative estimate of drug-likeness (QED) is 0.425. The van der Waals surface area contributed by atoms with Crippen LogP contribution in [0.3, 0.4) is 0 Å². The summed E-state index contributed by atoms with van der Waals surface area (Å²) in [4.78, 5) is 20.2. The summed E-state index contributed by atoms with van der Waals surface area (Å²) < 4.78 is 0. The molecule has 0 atom stereocenters. The van der Waals surface area contributed by atoms with Crippen molar-refractivity contribution in [3.63, 3.8) is 0 Å². The van der Waals surface area contributed by atoms with E-state index in [9.17, 15) is 4.79 Å². The third-order valence-corrected chi connectivity index (χ3v) is 2.59. The summed E-state index contributed by atoms with van der Waals surface area (Å²) in [5.74, 6) is 7.30. The van der Waals surface area contributed by atoms with Gasteiger partial charge in [0, 0.05) is 18.5 Å². The van der Waals surface area contributed by atoms with E-state index in [0.29, 0.717) is 24.0 Å². The standard InChI is InChI=1S/C12H22N6O/c1-4-6-9-16-11(8(3)12(17-9)18-13)15-7-10(19)14-5-2/h4-7,13H2,1-3H3,(H,14,19)(H2,15,16,17,18). The number of hydrogen-bond acceptors (Lipinski definition) is 6. The molecule has 0 aromatic carbocycles. The summed E-state index contributed by atoms with van der Waals surface area (Å²) in [6.45, 7) is 6.58. The van der Waals surface area contributed by atoms with Crippen molar-refractivity contribution in [3.05, 3.63) is 11.4 Å². The topological polar surface area (TPSA) is 105 Å². The number of carbonyl (C=O) groups excluding carboxylic acids is 1. The Hall–Kier alpha value is -1.89. The number of aryl methyl sites for hydroxylation is 1. The second-order valence-corrected chi connectivity index (χ2v) is 4.16. The number of carbonyl (C=O) groups is 1. The predicted molar refractivity (Wildman–Crippen MR) is 75.7 cm³/mol. The molecule has 1 aromatic rings. The summed E-state index contributed by atoms with van der Waals surface area (Å²) in [6, 6.07) is 0. The number of amides is 1. The maximum atomic E-state index is 11.4. The monoisotopic (exact) mass is 266 g/mol. The van der Waals surface area contributed by atoms with Crippen molar-refractivity contribution in [1.82, 2.24) is 15.3 Å². The van der Waals surface area contributed by atoms with Crippen molar-refractivity contribution in [2.75, 3.05) is 23.8 Å². The second kappa shape index (κ2) is 7.52. The Bertz CT molecular complexity index is 434. The Kier molecular flexibility index (Phi) is 6.01. The van der Waals surface area contributed by atoms with Crippen LogP contribution in [0.2, 0.25) is 0 Å². The summed E-state index contributed by atoms with van der Waals surface area (Å²) in [6.07, 6.45) is 1.72. The highest BCUT2D eigenvalue weighted by Crippen LogP contribution is 2.19. The predicted octanol–water partition coefficient (Wildman–Crippen LogP) is 0.571. The Morgan fingerprint density at radius 3 is 2.53 bits per heavy atom. The SMILES string of the molecule is CCCc1nc(NN)c(C)c(NCC(=O)NCC)n1. The fourth-order valence-corrected chi connectivity index (χ4v) is 1.63. The lowest BCUT2D eigenvalue weighted by atomic mass is 10.2. The number of anilines is 2. The molecule has 1 heterocycles. The highest BCUT2D eigenvalue weighted by Gasteiger charge is 2.10. The average molecular weight is 266 g/mol. The number of likely N-dealkylation sites (N-methyl/N-ethyl adjacent to an activating group) is 1. The first-order valence-corrected chi connectivity index (χ1v) is 6.47. The van der Waals surface area contributed by atoms with Gasteiger partial charge in [0.2, 0.25) is 5.91 Å². The van der Waals surface area contributed by atoms with Crippen molar-refractivity contribution in [3.8, 4) is 0 Å². The number of hydrazine groups is 1. The van der Waals surface area contributed by atoms with Gasteiger partial charge in [-0.1, -0.05) is 6.92 Å². The van der Waals surface area contributed by atoms with E-state index in [1.165, 1.54) is 0 Å². The molecule has 0 aliphatic heterocycles. The molecule has 0 aliphatic rings. The second-order valence-electron chi connectivity index (χ2n) is 4.16. The zero-order valence-corrected chi connectivity index (χ0v) is 11.7. The van der Waals surface area contributed by atoms with E-state index < -0.39 is 0 Å². The smallest absolute Gasteiger partial charge is 0.239 e. The molecule has 5 N–H and O–H groups in total. The average Bonchev–Trinajstić information content (AvgIpc) is 2.39. The van der Waals surface area contributed by atoms with E-state index in [1.54, 1.807) is 0 Å². The molecule has 1 amide bonds. The van der Waals surface area contributed by atoms with Gasteiger partial charge >= 0.3 is 0 Å². The zero-order chi connectivity index (χ0) is 14.3. The largest absolute Gasteiger partial charge is 0.361 e. The minimum Gasteiger partial charge on any atom is -0.361 e. The fourth-order valence-electron chi connectivity index (χ4n) is 1.63. The molecule has 0 saturated heterocycles. The van der Waals surface area contributed by atoms with Crippen LogP contribution in [0.1, 0.15) is 31.7 Å². The van der Waals surface area contributed by atoms with Gasteiger partial charge in [-0.3, -0.25) is 4.79 Å². The normalized spacial score (nSPS) is 10.1. The third-order valence-electron chi connectivity index (χ3n) is 2.59. The van der Waals surface area contributed by atoms with Crippen molar-refractivity contribution in [1.29, 1.82) is 0 Å². The molecule has 0 fully saturated rings. The van der Waals surface area contributed by atoms with Crippen LogP contribution in [0, 0.1) is 6.92 Å². The number of nitrogen functional groups attached to an aromatic ring is 1. The van der Waals surface area contributed by atoms with E-state index in [1.807, 2.05) is 13.8 Å². The first-order valence-electron chi connectivity index (χ1n) is 6.47. The molecule has 1 aromatic heterocycles. The Morgan fingerprint density at radius 1 is 1.26 bits per heavy atom. The maximum absolute atomic E-state index is 11.4. The molecule has 0 spiro atoms. The van der Waals surface area contributed by atoms with Crippen LogP contribution in [-0.2, 0) is 11.2 Å². The lowest BCUT2D eigenvalue weighted by molar-refractivity contribution is -0.119. The Balaban J connectivity index is 2.85. The molecule has 7 nitrogen and oxygen atoms in total. The van der Waals surface area contributed by atoms with Gasteiger partial charge in [0.25, 0.3) is 0 Å². The van der Waals surface area contributed by atoms with E-state index in [4.69, 9.17) is 5.84 Å². The summed E-state index contributed by atoms with van der Waals surface area (Å²) in [5, 5.41) is 5.73. The number of rotatable bonds is 7. The van der Waals surface area contributed by atoms with Crippen molar-refractivity contribution in [2.45, 2.75) is 33.6 Å². The molecule has 0 unspecified atom stereocenters. The minimum atomic E-state index is -0.0696. The minimum absolute atomic E-state index is 0.0696. The van der Waals surface area contributed by atoms with Crippen LogP contribution < -0.4 is 21.9 Å². The van der Waals surface area contributed by atoms with Gasteiger partial charge in [-0.2, -0.15) is 0 Å². The first-order chi connectivity index (χ1) is 9.12. The molecule has 0 radical (unpaired) electrons. The third kappa shape index (κ3) is 4.36. The Labute approximate surface area is 113 Å². The maximum Gasteiger partial charge on any atom is 0.239 e. The van der Waals surface area contributed by atoms with Gasteiger partial charge in [-0.25, -0.2) is 15.8 Å². The lowest BCUT2D eigenvalue weighted by Crippen LogP contribution is -2.30. The lowest BCUT2D eigenvalue weighted by Gasteiger charge is -2.13. The molecule has 106 valence electrons. The molecule has 19 heavy (non-hydrogen) atoms. The number of nitrogens with one attached hydrogen (secondary N) is 3. The molecule has 0 bridgehead atoms. The van der Waals surface area contributed by atoms with Crippen LogP contribution in [0.15, 0.2) is 0 Å². The van der Waals surface area contributed by atoms with Crippen molar-refractivity contribution in [2.24, 2.45) is 5.84 Å². The molecule has 1 rings (SSSR count). The number of hydrogen-bond donors (Lipinski definition) is 4.